The zero-order chi connectivity index (χ0) is 25.5. The molecule has 2 aromatic heterocycles. The van der Waals surface area contributed by atoms with Crippen molar-refractivity contribution in [1.82, 2.24) is 14.7 Å². The predicted molar refractivity (Wildman–Crippen MR) is 151 cm³/mol. The van der Waals surface area contributed by atoms with E-state index in [9.17, 15) is 9.59 Å². The Kier molecular flexibility index (Phi) is 11.8. The molecule has 2 heterocycles. The number of carbonyl (C=O) groups excluding carboxylic acids is 2. The number of benzene rings is 1. The minimum Gasteiger partial charge on any atom is -0.485 e. The van der Waals surface area contributed by atoms with Gasteiger partial charge < -0.3 is 15.0 Å². The summed E-state index contributed by atoms with van der Waals surface area (Å²) in [4.78, 5) is 30.7. The number of rotatable bonds is 11. The van der Waals surface area contributed by atoms with Crippen LogP contribution >= 0.6 is 51.5 Å². The van der Waals surface area contributed by atoms with Crippen LogP contribution in [0.25, 0.3) is 5.65 Å². The van der Waals surface area contributed by atoms with Crippen LogP contribution in [0.15, 0.2) is 35.1 Å². The number of nitrogens with zero attached hydrogens (tertiary/aromatic N) is 3. The highest BCUT2D eigenvalue weighted by Crippen LogP contribution is 2.35. The molecule has 0 unspecified atom stereocenters. The van der Waals surface area contributed by atoms with Crippen LogP contribution in [-0.4, -0.2) is 34.8 Å². The molecule has 11 heteroatoms. The quantitative estimate of drug-likeness (QED) is 0.240. The van der Waals surface area contributed by atoms with Gasteiger partial charge in [-0.15, -0.1) is 12.4 Å². The van der Waals surface area contributed by atoms with Crippen molar-refractivity contribution < 1.29 is 14.3 Å². The number of imidazole rings is 1. The Hall–Kier alpha value is -2.00. The number of pyridine rings is 1. The van der Waals surface area contributed by atoms with E-state index < -0.39 is 0 Å². The number of aromatic nitrogens is 2. The van der Waals surface area contributed by atoms with Crippen molar-refractivity contribution in [2.24, 2.45) is 0 Å². The molecule has 0 aliphatic carbocycles. The van der Waals surface area contributed by atoms with Crippen LogP contribution in [0.4, 0.5) is 5.69 Å². The molecule has 7 nitrogen and oxygen atoms in total. The van der Waals surface area contributed by atoms with Gasteiger partial charge in [-0.3, -0.25) is 14.0 Å². The van der Waals surface area contributed by atoms with Gasteiger partial charge in [0, 0.05) is 30.3 Å². The number of unbranched alkanes of at least 4 members (excludes halogenated alkanes) is 3. The molecule has 3 rings (SSSR count). The number of halogens is 4. The summed E-state index contributed by atoms with van der Waals surface area (Å²) in [5.41, 5.74) is 2.54. The van der Waals surface area contributed by atoms with Crippen molar-refractivity contribution in [3.8, 4) is 5.75 Å². The summed E-state index contributed by atoms with van der Waals surface area (Å²) < 4.78 is 8.77. The third kappa shape index (κ3) is 7.28. The van der Waals surface area contributed by atoms with E-state index in [0.717, 1.165) is 36.0 Å². The summed E-state index contributed by atoms with van der Waals surface area (Å²) in [5, 5.41) is 3.42. The molecule has 196 valence electrons. The van der Waals surface area contributed by atoms with Gasteiger partial charge in [0.2, 0.25) is 11.8 Å². The highest BCUT2D eigenvalue weighted by molar-refractivity contribution is 9.10. The predicted octanol–water partition coefficient (Wildman–Crippen LogP) is 6.76. The Morgan fingerprint density at radius 3 is 2.67 bits per heavy atom. The number of ether oxygens (including phenoxy) is 1. The number of anilines is 1. The fourth-order valence-electron chi connectivity index (χ4n) is 3.59. The van der Waals surface area contributed by atoms with Crippen molar-refractivity contribution >= 4 is 74.7 Å². The number of hydrogen-bond acceptors (Lipinski definition) is 4. The molecule has 0 aliphatic heterocycles. The van der Waals surface area contributed by atoms with Crippen LogP contribution in [0.3, 0.4) is 0 Å². The second kappa shape index (κ2) is 14.1. The summed E-state index contributed by atoms with van der Waals surface area (Å²) in [6, 6.07) is 7.03. The fraction of sp³-hybridized carbons (Fsp3) is 0.400. The van der Waals surface area contributed by atoms with Crippen molar-refractivity contribution in [2.45, 2.75) is 52.6 Å². The second-order valence-electron chi connectivity index (χ2n) is 8.24. The third-order valence-corrected chi connectivity index (χ3v) is 7.41. The van der Waals surface area contributed by atoms with Crippen LogP contribution in [0.5, 0.6) is 5.75 Å². The molecule has 0 spiro atoms. The summed E-state index contributed by atoms with van der Waals surface area (Å²) >= 11 is 16.6. The molecule has 1 aromatic carbocycles. The average Bonchev–Trinajstić information content (AvgIpc) is 3.14. The van der Waals surface area contributed by atoms with Gasteiger partial charge in [0.05, 0.1) is 22.9 Å². The number of nitrogens with one attached hydrogen (secondary N) is 1. The normalized spacial score (nSPS) is 10.7. The van der Waals surface area contributed by atoms with Crippen LogP contribution in [-0.2, 0) is 16.2 Å². The van der Waals surface area contributed by atoms with Crippen LogP contribution in [0.2, 0.25) is 10.0 Å². The monoisotopic (exact) mass is 618 g/mol. The van der Waals surface area contributed by atoms with Gasteiger partial charge in [-0.25, -0.2) is 4.98 Å². The summed E-state index contributed by atoms with van der Waals surface area (Å²) in [6.07, 6.45) is 6.34. The van der Waals surface area contributed by atoms with Crippen molar-refractivity contribution in [1.29, 1.82) is 0 Å². The van der Waals surface area contributed by atoms with E-state index in [-0.39, 0.29) is 37.4 Å². The van der Waals surface area contributed by atoms with E-state index >= 15 is 0 Å². The zero-order valence-electron chi connectivity index (χ0n) is 20.4. The van der Waals surface area contributed by atoms with Crippen LogP contribution in [0.1, 0.15) is 50.3 Å². The van der Waals surface area contributed by atoms with E-state index in [1.165, 1.54) is 4.90 Å². The maximum atomic E-state index is 12.7. The molecule has 0 saturated heterocycles. The maximum Gasteiger partial charge on any atom is 0.246 e. The SMILES string of the molecule is CCCCCCC(=O)NCC(=O)N(C)c1ccc(Cl)c(COc2cccn3c(Br)c(C)nc23)c1Cl.Cl. The number of likely N-dealkylation sites (N-methyl/N-ethyl adjacent to an activating group) is 1. The lowest BCUT2D eigenvalue weighted by Gasteiger charge is -2.21. The Morgan fingerprint density at radius 2 is 1.94 bits per heavy atom. The molecule has 0 aliphatic rings. The van der Waals surface area contributed by atoms with Crippen molar-refractivity contribution in [3.63, 3.8) is 0 Å². The van der Waals surface area contributed by atoms with Gasteiger partial charge in [0.15, 0.2) is 11.4 Å². The molecule has 2 amide bonds. The Balaban J connectivity index is 0.00000456. The standard InChI is InChI=1S/C25H29BrCl2N4O3.ClH/c1-4-5-6-7-10-21(33)29-14-22(34)31(3)19-12-11-18(27)17(23(19)28)15-35-20-9-8-13-32-24(26)16(2)30-25(20)32;/h8-9,11-13H,4-7,10,14-15H2,1-3H3,(H,29,33);1H. The van der Waals surface area contributed by atoms with Gasteiger partial charge >= 0.3 is 0 Å². The van der Waals surface area contributed by atoms with Gasteiger partial charge in [-0.05, 0) is 53.5 Å². The Labute approximate surface area is 236 Å². The molecule has 1 N–H and O–H groups in total. The summed E-state index contributed by atoms with van der Waals surface area (Å²) in [5.74, 6) is 0.157. The minimum atomic E-state index is -0.287. The Morgan fingerprint density at radius 1 is 1.19 bits per heavy atom. The minimum absolute atomic E-state index is 0. The highest BCUT2D eigenvalue weighted by atomic mass is 79.9. The van der Waals surface area contributed by atoms with Crippen molar-refractivity contribution in [3.05, 3.63) is 56.4 Å². The average molecular weight is 621 g/mol. The molecular weight excluding hydrogens is 591 g/mol. The van der Waals surface area contributed by atoms with E-state index in [1.54, 1.807) is 19.2 Å². The first-order chi connectivity index (χ1) is 16.7. The summed E-state index contributed by atoms with van der Waals surface area (Å²) in [7, 11) is 1.61. The molecule has 0 atom stereocenters. The first-order valence-electron chi connectivity index (χ1n) is 11.5. The fourth-order valence-corrected chi connectivity index (χ4v) is 4.58. The number of carbonyl (C=O) groups is 2. The lowest BCUT2D eigenvalue weighted by atomic mass is 10.1. The molecule has 0 radical (unpaired) electrons. The molecule has 3 aromatic rings. The molecule has 0 saturated carbocycles. The summed E-state index contributed by atoms with van der Waals surface area (Å²) in [6.45, 7) is 4.00. The number of aryl methyl sites for hydroxylation is 1. The zero-order valence-corrected chi connectivity index (χ0v) is 24.4. The van der Waals surface area contributed by atoms with Crippen LogP contribution in [0, 0.1) is 6.92 Å². The number of hydrogen-bond donors (Lipinski definition) is 1. The largest absolute Gasteiger partial charge is 0.485 e. The van der Waals surface area contributed by atoms with E-state index in [4.69, 9.17) is 27.9 Å². The van der Waals surface area contributed by atoms with E-state index in [0.29, 0.717) is 39.1 Å². The second-order valence-corrected chi connectivity index (χ2v) is 9.78. The molecule has 36 heavy (non-hydrogen) atoms. The third-order valence-electron chi connectivity index (χ3n) is 5.68. The van der Waals surface area contributed by atoms with Gasteiger partial charge in [-0.2, -0.15) is 0 Å². The Bertz CT molecular complexity index is 1220. The molecule has 0 bridgehead atoms. The van der Waals surface area contributed by atoms with Gasteiger partial charge in [0.1, 0.15) is 11.2 Å². The topological polar surface area (TPSA) is 75.9 Å². The van der Waals surface area contributed by atoms with Gasteiger partial charge in [-0.1, -0.05) is 49.4 Å². The highest BCUT2D eigenvalue weighted by Gasteiger charge is 2.20. The maximum absolute atomic E-state index is 12.7. The lowest BCUT2D eigenvalue weighted by Crippen LogP contribution is -2.38. The molecule has 0 fully saturated rings. The van der Waals surface area contributed by atoms with E-state index in [2.05, 4.69) is 33.2 Å². The van der Waals surface area contributed by atoms with Crippen LogP contribution < -0.4 is 15.0 Å². The van der Waals surface area contributed by atoms with E-state index in [1.807, 2.05) is 29.7 Å². The first-order valence-corrected chi connectivity index (χ1v) is 13.1. The van der Waals surface area contributed by atoms with Gasteiger partial charge in [0.25, 0.3) is 0 Å². The lowest BCUT2D eigenvalue weighted by molar-refractivity contribution is -0.124. The smallest absolute Gasteiger partial charge is 0.246 e. The molecular formula is C25H30BrCl3N4O3. The van der Waals surface area contributed by atoms with Crippen molar-refractivity contribution in [2.75, 3.05) is 18.5 Å². The number of amides is 2. The first kappa shape index (κ1) is 30.2. The number of fused-ring (bicyclic) bond motifs is 1.